The lowest BCUT2D eigenvalue weighted by Gasteiger charge is -2.23. The molecule has 106 valence electrons. The van der Waals surface area contributed by atoms with Crippen LogP contribution in [0.15, 0.2) is 58.7 Å². The van der Waals surface area contributed by atoms with E-state index < -0.39 is 0 Å². The molecule has 3 nitrogen and oxygen atoms in total. The van der Waals surface area contributed by atoms with Crippen molar-refractivity contribution in [3.8, 4) is 27.8 Å². The fourth-order valence-corrected chi connectivity index (χ4v) is 3.98. The van der Waals surface area contributed by atoms with Gasteiger partial charge in [0.25, 0.3) is 5.56 Å². The highest BCUT2D eigenvalue weighted by molar-refractivity contribution is 7.13. The van der Waals surface area contributed by atoms with E-state index in [1.165, 1.54) is 0 Å². The van der Waals surface area contributed by atoms with Crippen molar-refractivity contribution in [1.82, 2.24) is 4.57 Å². The molecule has 22 heavy (non-hydrogen) atoms. The zero-order chi connectivity index (χ0) is 15.1. The number of hydrogen-bond acceptors (Lipinski definition) is 3. The number of pyridine rings is 1. The van der Waals surface area contributed by atoms with E-state index in [-0.39, 0.29) is 11.5 Å². The Kier molecular flexibility index (Phi) is 2.95. The van der Waals surface area contributed by atoms with E-state index in [9.17, 15) is 10.1 Å². The largest absolute Gasteiger partial charge is 0.305 e. The zero-order valence-corrected chi connectivity index (χ0v) is 12.5. The molecule has 1 atom stereocenters. The fraction of sp³-hybridized carbons (Fsp3) is 0.111. The zero-order valence-electron chi connectivity index (χ0n) is 11.7. The van der Waals surface area contributed by atoms with E-state index >= 15 is 0 Å². The van der Waals surface area contributed by atoms with E-state index in [0.29, 0.717) is 12.1 Å². The van der Waals surface area contributed by atoms with Crippen molar-refractivity contribution in [2.24, 2.45) is 0 Å². The molecule has 0 spiro atoms. The summed E-state index contributed by atoms with van der Waals surface area (Å²) in [5.41, 5.74) is 3.53. The number of fused-ring (bicyclic) bond motifs is 3. The summed E-state index contributed by atoms with van der Waals surface area (Å²) < 4.78 is 1.75. The third-order valence-corrected chi connectivity index (χ3v) is 5.04. The van der Waals surface area contributed by atoms with Gasteiger partial charge in [0.15, 0.2) is 0 Å². The van der Waals surface area contributed by atoms with Gasteiger partial charge in [-0.25, -0.2) is 0 Å². The first kappa shape index (κ1) is 13.1. The molecule has 0 saturated carbocycles. The highest BCUT2D eigenvalue weighted by Gasteiger charge is 2.27. The molecule has 0 N–H and O–H groups in total. The smallest absolute Gasteiger partial charge is 0.258 e. The Bertz CT molecular complexity index is 947. The van der Waals surface area contributed by atoms with Crippen molar-refractivity contribution in [2.45, 2.75) is 12.5 Å². The van der Waals surface area contributed by atoms with E-state index in [2.05, 4.69) is 6.07 Å². The Hall–Kier alpha value is -2.64. The topological polar surface area (TPSA) is 45.8 Å². The van der Waals surface area contributed by atoms with Gasteiger partial charge in [-0.1, -0.05) is 30.3 Å². The molecule has 1 aromatic carbocycles. The van der Waals surface area contributed by atoms with Gasteiger partial charge in [0.2, 0.25) is 0 Å². The quantitative estimate of drug-likeness (QED) is 0.685. The van der Waals surface area contributed by atoms with Gasteiger partial charge >= 0.3 is 0 Å². The number of benzene rings is 1. The molecular weight excluding hydrogens is 292 g/mol. The molecule has 0 saturated heterocycles. The van der Waals surface area contributed by atoms with Gasteiger partial charge in [0.05, 0.1) is 22.6 Å². The summed E-state index contributed by atoms with van der Waals surface area (Å²) in [6.07, 6.45) is 0. The van der Waals surface area contributed by atoms with Crippen LogP contribution >= 0.6 is 11.3 Å². The summed E-state index contributed by atoms with van der Waals surface area (Å²) in [6, 6.07) is 17.8. The van der Waals surface area contributed by atoms with Crippen LogP contribution in [0.4, 0.5) is 0 Å². The Morgan fingerprint density at radius 3 is 2.73 bits per heavy atom. The summed E-state index contributed by atoms with van der Waals surface area (Å²) in [6.45, 7) is 0.426. The average molecular weight is 304 g/mol. The molecule has 1 unspecified atom stereocenters. The highest BCUT2D eigenvalue weighted by atomic mass is 32.1. The number of aromatic nitrogens is 1. The molecule has 0 amide bonds. The molecule has 1 aliphatic rings. The number of rotatable bonds is 1. The molecule has 4 heteroatoms. The van der Waals surface area contributed by atoms with Crippen molar-refractivity contribution in [1.29, 1.82) is 5.26 Å². The van der Waals surface area contributed by atoms with Gasteiger partial charge in [0, 0.05) is 12.1 Å². The van der Waals surface area contributed by atoms with Crippen molar-refractivity contribution < 1.29 is 0 Å². The maximum absolute atomic E-state index is 12.9. The molecule has 4 rings (SSSR count). The second-order valence-corrected chi connectivity index (χ2v) is 6.22. The SMILES string of the molecule is N#CC1Cn2c(ccc(-c3ccccc3)c2=O)-c2sccc21. The van der Waals surface area contributed by atoms with Crippen LogP contribution in [-0.4, -0.2) is 4.57 Å². The molecule has 3 aromatic rings. The summed E-state index contributed by atoms with van der Waals surface area (Å²) in [5, 5.41) is 11.4. The first-order chi connectivity index (χ1) is 10.8. The van der Waals surface area contributed by atoms with E-state index in [0.717, 1.165) is 21.7 Å². The van der Waals surface area contributed by atoms with Crippen LogP contribution < -0.4 is 5.56 Å². The van der Waals surface area contributed by atoms with Crippen LogP contribution in [0.2, 0.25) is 0 Å². The molecule has 0 fully saturated rings. The predicted octanol–water partition coefficient (Wildman–Crippen LogP) is 3.86. The number of nitriles is 1. The average Bonchev–Trinajstić information content (AvgIpc) is 3.05. The third kappa shape index (κ3) is 1.83. The second kappa shape index (κ2) is 4.97. The minimum absolute atomic E-state index is 0.0250. The van der Waals surface area contributed by atoms with Gasteiger partial charge in [-0.2, -0.15) is 5.26 Å². The van der Waals surface area contributed by atoms with Crippen LogP contribution in [0.25, 0.3) is 21.7 Å². The highest BCUT2D eigenvalue weighted by Crippen LogP contribution is 2.39. The van der Waals surface area contributed by atoms with Crippen LogP contribution in [0.3, 0.4) is 0 Å². The first-order valence-electron chi connectivity index (χ1n) is 7.06. The fourth-order valence-electron chi connectivity index (χ4n) is 2.99. The summed E-state index contributed by atoms with van der Waals surface area (Å²) in [4.78, 5) is 13.9. The third-order valence-electron chi connectivity index (χ3n) is 4.08. The molecule has 3 heterocycles. The van der Waals surface area contributed by atoms with Crippen LogP contribution in [-0.2, 0) is 6.54 Å². The van der Waals surface area contributed by atoms with Crippen LogP contribution in [0, 0.1) is 11.3 Å². The number of thiophene rings is 1. The van der Waals surface area contributed by atoms with Crippen LogP contribution in [0.1, 0.15) is 11.5 Å². The van der Waals surface area contributed by atoms with Gasteiger partial charge in [0.1, 0.15) is 0 Å². The van der Waals surface area contributed by atoms with Crippen molar-refractivity contribution in [3.63, 3.8) is 0 Å². The van der Waals surface area contributed by atoms with Gasteiger partial charge in [-0.3, -0.25) is 4.79 Å². The summed E-state index contributed by atoms with van der Waals surface area (Å²) in [5.74, 6) is -0.252. The van der Waals surface area contributed by atoms with E-state index in [4.69, 9.17) is 0 Å². The summed E-state index contributed by atoms with van der Waals surface area (Å²) >= 11 is 1.59. The minimum Gasteiger partial charge on any atom is -0.305 e. The second-order valence-electron chi connectivity index (χ2n) is 5.30. The summed E-state index contributed by atoms with van der Waals surface area (Å²) in [7, 11) is 0. The van der Waals surface area contributed by atoms with Crippen LogP contribution in [0.5, 0.6) is 0 Å². The molecule has 0 aliphatic carbocycles. The lowest BCUT2D eigenvalue weighted by molar-refractivity contribution is 0.617. The van der Waals surface area contributed by atoms with Crippen molar-refractivity contribution in [2.75, 3.05) is 0 Å². The minimum atomic E-state index is -0.252. The normalized spacial score (nSPS) is 15.7. The van der Waals surface area contributed by atoms with Gasteiger partial charge in [-0.15, -0.1) is 11.3 Å². The van der Waals surface area contributed by atoms with Crippen molar-refractivity contribution in [3.05, 3.63) is 69.8 Å². The van der Waals surface area contributed by atoms with Gasteiger partial charge < -0.3 is 4.57 Å². The predicted molar refractivity (Wildman–Crippen MR) is 87.8 cm³/mol. The monoisotopic (exact) mass is 304 g/mol. The molecule has 1 aliphatic heterocycles. The standard InChI is InChI=1S/C18H12N2OS/c19-10-13-11-20-16(17-14(13)8-9-22-17)7-6-15(18(20)21)12-4-2-1-3-5-12/h1-9,13H,11H2. The maximum Gasteiger partial charge on any atom is 0.258 e. The number of nitrogens with zero attached hydrogens (tertiary/aromatic N) is 2. The Balaban J connectivity index is 1.96. The molecule has 0 radical (unpaired) electrons. The van der Waals surface area contributed by atoms with E-state index in [1.807, 2.05) is 53.9 Å². The van der Waals surface area contributed by atoms with E-state index in [1.54, 1.807) is 15.9 Å². The molecule has 2 aromatic heterocycles. The Labute approximate surface area is 131 Å². The molecule has 0 bridgehead atoms. The lowest BCUT2D eigenvalue weighted by atomic mass is 9.95. The van der Waals surface area contributed by atoms with Crippen molar-refractivity contribution >= 4 is 11.3 Å². The Morgan fingerprint density at radius 1 is 1.14 bits per heavy atom. The lowest BCUT2D eigenvalue weighted by Crippen LogP contribution is -2.28. The number of hydrogen-bond donors (Lipinski definition) is 0. The first-order valence-corrected chi connectivity index (χ1v) is 7.94. The maximum atomic E-state index is 12.9. The van der Waals surface area contributed by atoms with Gasteiger partial charge in [-0.05, 0) is 34.7 Å². The Morgan fingerprint density at radius 2 is 1.95 bits per heavy atom. The molecular formula is C18H12N2OS.